The van der Waals surface area contributed by atoms with Gasteiger partial charge in [0, 0.05) is 11.3 Å². The molecule has 0 N–H and O–H groups in total. The van der Waals surface area contributed by atoms with Crippen molar-refractivity contribution in [3.63, 3.8) is 0 Å². The van der Waals surface area contributed by atoms with Crippen LogP contribution in [0.2, 0.25) is 0 Å². The molecule has 1 saturated carbocycles. The van der Waals surface area contributed by atoms with Crippen molar-refractivity contribution in [3.05, 3.63) is 35.4 Å². The monoisotopic (exact) mass is 389 g/mol. The van der Waals surface area contributed by atoms with Crippen LogP contribution >= 0.6 is 11.8 Å². The number of thioether (sulfide) groups is 1. The van der Waals surface area contributed by atoms with E-state index in [0.29, 0.717) is 17.2 Å². The van der Waals surface area contributed by atoms with Crippen LogP contribution in [-0.2, 0) is 16.0 Å². The number of esters is 1. The molecule has 0 unspecified atom stereocenters. The van der Waals surface area contributed by atoms with Crippen molar-refractivity contribution in [2.45, 2.75) is 69.7 Å². The summed E-state index contributed by atoms with van der Waals surface area (Å²) in [5.41, 5.74) is 1.94. The first-order chi connectivity index (χ1) is 13.2. The summed E-state index contributed by atoms with van der Waals surface area (Å²) in [7, 11) is 1.41. The van der Waals surface area contributed by atoms with E-state index in [1.807, 2.05) is 17.0 Å². The summed E-state index contributed by atoms with van der Waals surface area (Å²) < 4.78 is 5.00. The van der Waals surface area contributed by atoms with Gasteiger partial charge in [0.05, 0.1) is 12.5 Å². The van der Waals surface area contributed by atoms with E-state index in [2.05, 4.69) is 19.1 Å². The summed E-state index contributed by atoms with van der Waals surface area (Å²) >= 11 is 1.75. The third-order valence-corrected chi connectivity index (χ3v) is 7.28. The molecule has 0 radical (unpaired) electrons. The minimum atomic E-state index is -0.473. The number of amides is 1. The Kier molecular flexibility index (Phi) is 7.22. The number of benzene rings is 1. The first-order valence-corrected chi connectivity index (χ1v) is 11.3. The fraction of sp³-hybridized carbons (Fsp3) is 0.636. The van der Waals surface area contributed by atoms with Crippen LogP contribution in [0.15, 0.2) is 24.3 Å². The molecule has 1 aliphatic carbocycles. The van der Waals surface area contributed by atoms with Crippen LogP contribution in [0.1, 0.15) is 67.8 Å². The molecule has 27 heavy (non-hydrogen) atoms. The Bertz CT molecular complexity index is 639. The second-order valence-corrected chi connectivity index (χ2v) is 8.82. The summed E-state index contributed by atoms with van der Waals surface area (Å²) in [6, 6.07) is 7.47. The van der Waals surface area contributed by atoms with Crippen LogP contribution in [0.5, 0.6) is 0 Å². The van der Waals surface area contributed by atoms with E-state index < -0.39 is 6.04 Å². The molecule has 2 aliphatic rings. The van der Waals surface area contributed by atoms with Gasteiger partial charge in [0.1, 0.15) is 6.04 Å². The first kappa shape index (κ1) is 20.2. The van der Waals surface area contributed by atoms with E-state index in [4.69, 9.17) is 4.74 Å². The average Bonchev–Trinajstić information content (AvgIpc) is 3.17. The van der Waals surface area contributed by atoms with E-state index >= 15 is 0 Å². The Labute approximate surface area is 167 Å². The molecule has 1 amide bonds. The zero-order chi connectivity index (χ0) is 19.2. The summed E-state index contributed by atoms with van der Waals surface area (Å²) in [5, 5.41) is 0.0849. The van der Waals surface area contributed by atoms with Gasteiger partial charge < -0.3 is 9.64 Å². The number of methoxy groups -OCH3 is 1. The smallest absolute Gasteiger partial charge is 0.329 e. The van der Waals surface area contributed by atoms with Gasteiger partial charge in [-0.25, -0.2) is 4.79 Å². The van der Waals surface area contributed by atoms with Crippen molar-refractivity contribution in [1.82, 2.24) is 4.90 Å². The zero-order valence-electron chi connectivity index (χ0n) is 16.5. The fourth-order valence-corrected chi connectivity index (χ4v) is 5.85. The van der Waals surface area contributed by atoms with Gasteiger partial charge in [-0.3, -0.25) is 4.79 Å². The lowest BCUT2D eigenvalue weighted by molar-refractivity contribution is -0.145. The van der Waals surface area contributed by atoms with Crippen LogP contribution in [0, 0.1) is 5.92 Å². The Morgan fingerprint density at radius 2 is 1.85 bits per heavy atom. The molecule has 2 atom stereocenters. The van der Waals surface area contributed by atoms with E-state index in [9.17, 15) is 9.59 Å². The van der Waals surface area contributed by atoms with Gasteiger partial charge in [0.2, 0.25) is 0 Å². The predicted octanol–water partition coefficient (Wildman–Crippen LogP) is 4.67. The van der Waals surface area contributed by atoms with Crippen molar-refractivity contribution in [1.29, 1.82) is 0 Å². The average molecular weight is 390 g/mol. The Balaban J connectivity index is 1.80. The summed E-state index contributed by atoms with van der Waals surface area (Å²) in [6.07, 6.45) is 9.37. The van der Waals surface area contributed by atoms with Gasteiger partial charge in [-0.15, -0.1) is 11.8 Å². The maximum absolute atomic E-state index is 13.4. The highest BCUT2D eigenvalue weighted by Crippen LogP contribution is 2.41. The summed E-state index contributed by atoms with van der Waals surface area (Å²) in [6.45, 7) is 2.18. The topological polar surface area (TPSA) is 46.6 Å². The molecule has 1 aliphatic heterocycles. The lowest BCUT2D eigenvalue weighted by Gasteiger charge is -2.35. The molecule has 2 fully saturated rings. The van der Waals surface area contributed by atoms with Crippen molar-refractivity contribution in [2.75, 3.05) is 12.9 Å². The molecule has 1 saturated heterocycles. The predicted molar refractivity (Wildman–Crippen MR) is 110 cm³/mol. The number of carbonyl (C=O) groups excluding carboxylic acids is 2. The molecule has 1 aromatic rings. The number of carbonyl (C=O) groups is 2. The number of nitrogens with zero attached hydrogens (tertiary/aromatic N) is 1. The largest absolute Gasteiger partial charge is 0.467 e. The minimum absolute atomic E-state index is 0.0342. The number of aryl methyl sites for hydroxylation is 1. The lowest BCUT2D eigenvalue weighted by Crippen LogP contribution is -2.48. The molecular formula is C22H31NO3S. The van der Waals surface area contributed by atoms with E-state index in [0.717, 1.165) is 32.1 Å². The number of hydrogen-bond acceptors (Lipinski definition) is 4. The Morgan fingerprint density at radius 3 is 2.48 bits per heavy atom. The fourth-order valence-electron chi connectivity index (χ4n) is 4.23. The number of unbranched alkanes of at least 4 members (excludes halogenated alkanes) is 1. The van der Waals surface area contributed by atoms with Gasteiger partial charge in [-0.05, 0) is 49.3 Å². The first-order valence-electron chi connectivity index (χ1n) is 10.3. The molecule has 0 aromatic heterocycles. The lowest BCUT2D eigenvalue weighted by atomic mass is 9.88. The maximum Gasteiger partial charge on any atom is 0.329 e. The molecule has 4 nitrogen and oxygen atoms in total. The second kappa shape index (κ2) is 9.63. The molecular weight excluding hydrogens is 358 g/mol. The van der Waals surface area contributed by atoms with Gasteiger partial charge in [-0.1, -0.05) is 44.7 Å². The molecule has 0 bridgehead atoms. The normalized spacial score (nSPS) is 23.4. The van der Waals surface area contributed by atoms with E-state index in [1.54, 1.807) is 11.8 Å². The third-order valence-electron chi connectivity index (χ3n) is 5.82. The van der Waals surface area contributed by atoms with Crippen molar-refractivity contribution >= 4 is 23.6 Å². The highest BCUT2D eigenvalue weighted by atomic mass is 32.2. The Hall–Kier alpha value is -1.49. The quantitative estimate of drug-likeness (QED) is 0.664. The Morgan fingerprint density at radius 1 is 1.15 bits per heavy atom. The van der Waals surface area contributed by atoms with Crippen LogP contribution < -0.4 is 0 Å². The number of ether oxygens (including phenoxy) is 1. The minimum Gasteiger partial charge on any atom is -0.467 e. The zero-order valence-corrected chi connectivity index (χ0v) is 17.3. The van der Waals surface area contributed by atoms with Crippen LogP contribution in [-0.4, -0.2) is 41.1 Å². The van der Waals surface area contributed by atoms with Gasteiger partial charge in [0.15, 0.2) is 0 Å². The van der Waals surface area contributed by atoms with Crippen LogP contribution in [0.3, 0.4) is 0 Å². The van der Waals surface area contributed by atoms with E-state index in [-0.39, 0.29) is 17.3 Å². The van der Waals surface area contributed by atoms with Crippen LogP contribution in [0.4, 0.5) is 0 Å². The van der Waals surface area contributed by atoms with Crippen molar-refractivity contribution in [3.8, 4) is 0 Å². The number of hydrogen-bond donors (Lipinski definition) is 0. The molecule has 148 valence electrons. The van der Waals surface area contributed by atoms with Crippen molar-refractivity contribution in [2.24, 2.45) is 5.92 Å². The van der Waals surface area contributed by atoms with Crippen LogP contribution in [0.25, 0.3) is 0 Å². The van der Waals surface area contributed by atoms with E-state index in [1.165, 1.54) is 31.9 Å². The van der Waals surface area contributed by atoms with Gasteiger partial charge >= 0.3 is 5.97 Å². The molecule has 5 heteroatoms. The SMILES string of the molecule is CCCCc1ccc(C(=O)N2[C@H](C(=O)OC)CS[C@H]2C2CCCCC2)cc1. The molecule has 1 heterocycles. The molecule has 1 aromatic carbocycles. The molecule has 0 spiro atoms. The maximum atomic E-state index is 13.4. The van der Waals surface area contributed by atoms with Crippen molar-refractivity contribution < 1.29 is 14.3 Å². The third kappa shape index (κ3) is 4.68. The summed E-state index contributed by atoms with van der Waals surface area (Å²) in [4.78, 5) is 27.5. The second-order valence-electron chi connectivity index (χ2n) is 7.67. The number of rotatable bonds is 6. The van der Waals surface area contributed by atoms with Gasteiger partial charge in [-0.2, -0.15) is 0 Å². The highest BCUT2D eigenvalue weighted by molar-refractivity contribution is 8.00. The highest BCUT2D eigenvalue weighted by Gasteiger charge is 2.45. The molecule has 3 rings (SSSR count). The van der Waals surface area contributed by atoms with Gasteiger partial charge in [0.25, 0.3) is 5.91 Å². The summed E-state index contributed by atoms with van der Waals surface area (Å²) in [5.74, 6) is 0.779. The standard InChI is InChI=1S/C22H31NO3S/c1-3-4-8-16-11-13-17(14-12-16)20(24)23-19(22(25)26-2)15-27-21(23)18-9-6-5-7-10-18/h11-14,18-19,21H,3-10,15H2,1-2H3/t19-,21-/m0/s1.